The molecule has 0 radical (unpaired) electrons. The molecule has 122 valence electrons. The second-order valence-corrected chi connectivity index (χ2v) is 5.86. The van der Waals surface area contributed by atoms with Crippen LogP contribution in [0.25, 0.3) is 0 Å². The van der Waals surface area contributed by atoms with Gasteiger partial charge >= 0.3 is 5.97 Å². The van der Waals surface area contributed by atoms with Gasteiger partial charge in [-0.2, -0.15) is 0 Å². The largest absolute Gasteiger partial charge is 0.466 e. The van der Waals surface area contributed by atoms with Crippen molar-refractivity contribution in [3.05, 3.63) is 12.2 Å². The SMILES string of the molecule is COC(=O)/C=C/CCNC(=O)C12CCCCC(=O)N1CCC2. The number of methoxy groups -OCH3 is 1. The van der Waals surface area contributed by atoms with Crippen molar-refractivity contribution in [2.75, 3.05) is 20.2 Å². The van der Waals surface area contributed by atoms with Gasteiger partial charge in [-0.25, -0.2) is 4.79 Å². The molecule has 2 fully saturated rings. The number of nitrogens with zero attached hydrogens (tertiary/aromatic N) is 1. The van der Waals surface area contributed by atoms with Gasteiger partial charge in [0.25, 0.3) is 0 Å². The average molecular weight is 308 g/mol. The number of carbonyl (C=O) groups excluding carboxylic acids is 3. The molecule has 1 N–H and O–H groups in total. The van der Waals surface area contributed by atoms with Crippen molar-refractivity contribution in [3.8, 4) is 0 Å². The number of fused-ring (bicyclic) bond motifs is 1. The van der Waals surface area contributed by atoms with Crippen molar-refractivity contribution in [2.45, 2.75) is 50.5 Å². The lowest BCUT2D eigenvalue weighted by molar-refractivity contribution is -0.144. The van der Waals surface area contributed by atoms with E-state index in [0.29, 0.717) is 25.9 Å². The lowest BCUT2D eigenvalue weighted by atomic mass is 9.89. The lowest BCUT2D eigenvalue weighted by Crippen LogP contribution is -2.56. The Kier molecular flexibility index (Phi) is 5.57. The van der Waals surface area contributed by atoms with E-state index < -0.39 is 11.5 Å². The number of rotatable bonds is 5. The zero-order valence-corrected chi connectivity index (χ0v) is 13.1. The quantitative estimate of drug-likeness (QED) is 0.470. The van der Waals surface area contributed by atoms with Crippen molar-refractivity contribution in [3.63, 3.8) is 0 Å². The monoisotopic (exact) mass is 308 g/mol. The van der Waals surface area contributed by atoms with Crippen LogP contribution >= 0.6 is 0 Å². The van der Waals surface area contributed by atoms with Crippen LogP contribution in [0.1, 0.15) is 44.9 Å². The summed E-state index contributed by atoms with van der Waals surface area (Å²) in [6.45, 7) is 1.14. The maximum absolute atomic E-state index is 12.6. The summed E-state index contributed by atoms with van der Waals surface area (Å²) in [4.78, 5) is 37.5. The van der Waals surface area contributed by atoms with Gasteiger partial charge in [0.1, 0.15) is 5.54 Å². The molecule has 1 atom stereocenters. The molecule has 0 aromatic heterocycles. The molecule has 2 aliphatic heterocycles. The third-order valence-electron chi connectivity index (χ3n) is 4.50. The highest BCUT2D eigenvalue weighted by atomic mass is 16.5. The van der Waals surface area contributed by atoms with Crippen LogP contribution in [0.3, 0.4) is 0 Å². The molecule has 22 heavy (non-hydrogen) atoms. The fourth-order valence-electron chi connectivity index (χ4n) is 3.36. The molecule has 0 spiro atoms. The summed E-state index contributed by atoms with van der Waals surface area (Å²) in [6.07, 6.45) is 8.31. The Morgan fingerprint density at radius 2 is 2.09 bits per heavy atom. The van der Waals surface area contributed by atoms with Crippen LogP contribution in [-0.2, 0) is 19.1 Å². The minimum Gasteiger partial charge on any atom is -0.466 e. The second kappa shape index (κ2) is 7.42. The molecule has 0 aliphatic carbocycles. The molecular weight excluding hydrogens is 284 g/mol. The van der Waals surface area contributed by atoms with Crippen LogP contribution in [0, 0.1) is 0 Å². The zero-order valence-electron chi connectivity index (χ0n) is 13.1. The number of amides is 2. The Bertz CT molecular complexity index is 475. The molecule has 6 heteroatoms. The maximum Gasteiger partial charge on any atom is 0.330 e. The molecule has 2 rings (SSSR count). The van der Waals surface area contributed by atoms with Crippen LogP contribution < -0.4 is 5.32 Å². The second-order valence-electron chi connectivity index (χ2n) is 5.86. The summed E-state index contributed by atoms with van der Waals surface area (Å²) in [5.74, 6) is -0.344. The normalized spacial score (nSPS) is 25.0. The molecule has 0 saturated carbocycles. The number of carbonyl (C=O) groups is 3. The van der Waals surface area contributed by atoms with Gasteiger partial charge in [0.2, 0.25) is 11.8 Å². The van der Waals surface area contributed by atoms with E-state index in [9.17, 15) is 14.4 Å². The van der Waals surface area contributed by atoms with Gasteiger partial charge in [0.15, 0.2) is 0 Å². The van der Waals surface area contributed by atoms with Gasteiger partial charge in [-0.15, -0.1) is 0 Å². The molecule has 2 aliphatic rings. The number of ether oxygens (including phenoxy) is 1. The summed E-state index contributed by atoms with van der Waals surface area (Å²) in [6, 6.07) is 0. The summed E-state index contributed by atoms with van der Waals surface area (Å²) >= 11 is 0. The summed E-state index contributed by atoms with van der Waals surface area (Å²) in [7, 11) is 1.32. The van der Waals surface area contributed by atoms with E-state index in [1.54, 1.807) is 11.0 Å². The Hall–Kier alpha value is -1.85. The van der Waals surface area contributed by atoms with E-state index in [1.807, 2.05) is 0 Å². The third-order valence-corrected chi connectivity index (χ3v) is 4.50. The van der Waals surface area contributed by atoms with Crippen molar-refractivity contribution >= 4 is 17.8 Å². The smallest absolute Gasteiger partial charge is 0.330 e. The maximum atomic E-state index is 12.6. The predicted molar refractivity (Wildman–Crippen MR) is 80.9 cm³/mol. The lowest BCUT2D eigenvalue weighted by Gasteiger charge is -2.35. The first-order chi connectivity index (χ1) is 10.6. The van der Waals surface area contributed by atoms with E-state index in [1.165, 1.54) is 13.2 Å². The van der Waals surface area contributed by atoms with E-state index in [-0.39, 0.29) is 11.8 Å². The van der Waals surface area contributed by atoms with E-state index in [4.69, 9.17) is 0 Å². The molecule has 2 saturated heterocycles. The summed E-state index contributed by atoms with van der Waals surface area (Å²) in [5.41, 5.74) is -0.639. The number of hydrogen-bond donors (Lipinski definition) is 1. The minimum atomic E-state index is -0.639. The van der Waals surface area contributed by atoms with Crippen LogP contribution in [0.15, 0.2) is 12.2 Å². The van der Waals surface area contributed by atoms with Crippen molar-refractivity contribution in [1.82, 2.24) is 10.2 Å². The van der Waals surface area contributed by atoms with Crippen LogP contribution in [0.2, 0.25) is 0 Å². The molecule has 0 aromatic carbocycles. The molecular formula is C16H24N2O4. The van der Waals surface area contributed by atoms with Crippen molar-refractivity contribution in [2.24, 2.45) is 0 Å². The third kappa shape index (κ3) is 3.48. The van der Waals surface area contributed by atoms with Gasteiger partial charge in [0.05, 0.1) is 7.11 Å². The van der Waals surface area contributed by atoms with Gasteiger partial charge < -0.3 is 15.0 Å². The van der Waals surface area contributed by atoms with Crippen LogP contribution in [0.4, 0.5) is 0 Å². The highest BCUT2D eigenvalue weighted by Crippen LogP contribution is 2.37. The van der Waals surface area contributed by atoms with Crippen LogP contribution in [-0.4, -0.2) is 48.4 Å². The van der Waals surface area contributed by atoms with E-state index >= 15 is 0 Å². The Balaban J connectivity index is 1.91. The summed E-state index contributed by atoms with van der Waals surface area (Å²) < 4.78 is 4.50. The number of hydrogen-bond acceptors (Lipinski definition) is 4. The number of nitrogens with one attached hydrogen (secondary N) is 1. The highest BCUT2D eigenvalue weighted by molar-refractivity contribution is 5.92. The number of esters is 1. The Labute approximate surface area is 130 Å². The first-order valence-corrected chi connectivity index (χ1v) is 7.93. The molecule has 0 bridgehead atoms. The topological polar surface area (TPSA) is 75.7 Å². The zero-order chi connectivity index (χ0) is 16.0. The first-order valence-electron chi connectivity index (χ1n) is 7.93. The fourth-order valence-corrected chi connectivity index (χ4v) is 3.36. The average Bonchev–Trinajstić information content (AvgIpc) is 2.89. The molecule has 1 unspecified atom stereocenters. The Morgan fingerprint density at radius 1 is 1.32 bits per heavy atom. The molecule has 2 heterocycles. The van der Waals surface area contributed by atoms with Crippen molar-refractivity contribution in [1.29, 1.82) is 0 Å². The highest BCUT2D eigenvalue weighted by Gasteiger charge is 2.49. The van der Waals surface area contributed by atoms with Gasteiger partial charge in [-0.3, -0.25) is 9.59 Å². The van der Waals surface area contributed by atoms with E-state index in [0.717, 1.165) is 32.1 Å². The molecule has 6 nitrogen and oxygen atoms in total. The van der Waals surface area contributed by atoms with Gasteiger partial charge in [0, 0.05) is 25.6 Å². The summed E-state index contributed by atoms with van der Waals surface area (Å²) in [5, 5.41) is 2.92. The van der Waals surface area contributed by atoms with Crippen molar-refractivity contribution < 1.29 is 19.1 Å². The first kappa shape index (κ1) is 16.5. The minimum absolute atomic E-state index is 0.0493. The molecule has 2 amide bonds. The van der Waals surface area contributed by atoms with Crippen LogP contribution in [0.5, 0.6) is 0 Å². The molecule has 0 aromatic rings. The standard InChI is InChI=1S/C16H24N2O4/c1-22-14(20)8-3-5-11-17-15(21)16-9-4-2-7-13(19)18(16)12-6-10-16/h3,8H,2,4-7,9-12H2,1H3,(H,17,21)/b8-3+. The fraction of sp³-hybridized carbons (Fsp3) is 0.688. The van der Waals surface area contributed by atoms with Gasteiger partial charge in [-0.1, -0.05) is 12.5 Å². The van der Waals surface area contributed by atoms with E-state index in [2.05, 4.69) is 10.1 Å². The van der Waals surface area contributed by atoms with Gasteiger partial charge in [-0.05, 0) is 32.1 Å². The Morgan fingerprint density at radius 3 is 2.86 bits per heavy atom. The predicted octanol–water partition coefficient (Wildman–Crippen LogP) is 1.16.